The van der Waals surface area contributed by atoms with E-state index in [9.17, 15) is 4.39 Å². The van der Waals surface area contributed by atoms with Crippen LogP contribution in [-0.4, -0.2) is 59.8 Å². The quantitative estimate of drug-likeness (QED) is 0.719. The summed E-state index contributed by atoms with van der Waals surface area (Å²) < 4.78 is 35.9. The summed E-state index contributed by atoms with van der Waals surface area (Å²) in [7, 11) is 0. The Bertz CT molecular complexity index is 1000. The van der Waals surface area contributed by atoms with Gasteiger partial charge < -0.3 is 9.64 Å². The lowest BCUT2D eigenvalue weighted by atomic mass is 9.72. The average Bonchev–Trinajstić information content (AvgIpc) is 3.19. The highest BCUT2D eigenvalue weighted by molar-refractivity contribution is 5.78. The number of piperidine rings is 3. The van der Waals surface area contributed by atoms with E-state index in [1.807, 2.05) is 18.2 Å². The number of amidine groups is 1. The van der Waals surface area contributed by atoms with Gasteiger partial charge in [0.15, 0.2) is 11.3 Å². The summed E-state index contributed by atoms with van der Waals surface area (Å²) in [5, 5.41) is 0. The maximum absolute atomic E-state index is 15.9. The van der Waals surface area contributed by atoms with Crippen LogP contribution in [-0.2, 0) is 11.2 Å². The number of ether oxygens (including phenoxy) is 1. The second-order valence-corrected chi connectivity index (χ2v) is 9.03. The van der Waals surface area contributed by atoms with E-state index in [4.69, 9.17) is 9.73 Å². The van der Waals surface area contributed by atoms with Crippen LogP contribution in [0, 0.1) is 5.82 Å². The zero-order valence-electron chi connectivity index (χ0n) is 16.9. The minimum Gasteiger partial charge on any atom is -0.452 e. The molecule has 4 nitrogen and oxygen atoms in total. The van der Waals surface area contributed by atoms with Gasteiger partial charge >= 0.3 is 0 Å². The van der Waals surface area contributed by atoms with Crippen LogP contribution in [0.3, 0.4) is 0 Å². The number of benzene rings is 2. The molecule has 1 spiro atoms. The predicted octanol–water partition coefficient (Wildman–Crippen LogP) is 3.72. The Kier molecular flexibility index (Phi) is 3.97. The zero-order chi connectivity index (χ0) is 20.3. The molecule has 6 heteroatoms. The molecule has 0 N–H and O–H groups in total. The lowest BCUT2D eigenvalue weighted by molar-refractivity contribution is -0.164. The number of fused-ring (bicyclic) bond motifs is 3. The van der Waals surface area contributed by atoms with Crippen LogP contribution in [0.1, 0.15) is 35.6 Å². The Morgan fingerprint density at radius 2 is 1.77 bits per heavy atom. The van der Waals surface area contributed by atoms with Crippen LogP contribution in [0.15, 0.2) is 53.5 Å². The highest BCUT2D eigenvalue weighted by Gasteiger charge is 2.63. The minimum atomic E-state index is -1.31. The van der Waals surface area contributed by atoms with E-state index in [1.165, 1.54) is 23.3 Å². The van der Waals surface area contributed by atoms with Gasteiger partial charge in [-0.05, 0) is 48.1 Å². The van der Waals surface area contributed by atoms with Gasteiger partial charge in [0, 0.05) is 26.2 Å². The molecule has 0 radical (unpaired) electrons. The Morgan fingerprint density at radius 1 is 1.00 bits per heavy atom. The van der Waals surface area contributed by atoms with Crippen molar-refractivity contribution in [3.8, 4) is 0 Å². The molecule has 3 saturated heterocycles. The smallest absolute Gasteiger partial charge is 0.289 e. The minimum absolute atomic E-state index is 0.124. The summed E-state index contributed by atoms with van der Waals surface area (Å²) in [6.07, 6.45) is 1.90. The third kappa shape index (κ3) is 2.62. The van der Waals surface area contributed by atoms with E-state index >= 15 is 4.39 Å². The van der Waals surface area contributed by atoms with Crippen molar-refractivity contribution in [3.63, 3.8) is 0 Å². The first-order valence-electron chi connectivity index (χ1n) is 10.8. The molecular weight excluding hydrogens is 384 g/mol. The molecule has 0 aliphatic carbocycles. The summed E-state index contributed by atoms with van der Waals surface area (Å²) >= 11 is 0. The molecule has 5 aliphatic heterocycles. The fourth-order valence-electron chi connectivity index (χ4n) is 5.70. The van der Waals surface area contributed by atoms with E-state index in [1.54, 1.807) is 0 Å². The molecule has 0 aromatic heterocycles. The standard InChI is InChI=1S/C24H25F2N3O/c25-19-7-5-18(6-8-19)21-20-4-2-1-3-17(20)9-12-29(21)22-27-15-24(30-22)16-28-13-10-23(24,26)11-14-28/h1-8,21H,9-16H2/t21-,24+/m0/s1. The van der Waals surface area contributed by atoms with Crippen molar-refractivity contribution in [2.75, 3.05) is 32.7 Å². The van der Waals surface area contributed by atoms with Crippen molar-refractivity contribution in [1.82, 2.24) is 9.80 Å². The Morgan fingerprint density at radius 3 is 2.53 bits per heavy atom. The van der Waals surface area contributed by atoms with E-state index < -0.39 is 11.3 Å². The maximum atomic E-state index is 15.9. The lowest BCUT2D eigenvalue weighted by Gasteiger charge is -2.54. The SMILES string of the molecule is Fc1ccc([C@H]2c3ccccc3CCN2C2=NC[C@]3(CN4CCC3(F)CC4)O2)cc1. The second-order valence-electron chi connectivity index (χ2n) is 9.03. The number of alkyl halides is 1. The van der Waals surface area contributed by atoms with Gasteiger partial charge in [-0.3, -0.25) is 4.90 Å². The van der Waals surface area contributed by atoms with Crippen LogP contribution in [0.2, 0.25) is 0 Å². The number of hydrogen-bond acceptors (Lipinski definition) is 4. The zero-order valence-corrected chi connectivity index (χ0v) is 16.9. The summed E-state index contributed by atoms with van der Waals surface area (Å²) in [5.74, 6) is -0.255. The molecular formula is C24H25F2N3O. The third-order valence-corrected chi connectivity index (χ3v) is 7.42. The van der Waals surface area contributed by atoms with E-state index in [0.717, 1.165) is 31.6 Å². The fraction of sp³-hybridized carbons (Fsp3) is 0.458. The lowest BCUT2D eigenvalue weighted by Crippen LogP contribution is -2.69. The van der Waals surface area contributed by atoms with Gasteiger partial charge in [0.1, 0.15) is 5.82 Å². The number of aliphatic imine (C=N–C) groups is 1. The van der Waals surface area contributed by atoms with Gasteiger partial charge in [-0.2, -0.15) is 0 Å². The van der Waals surface area contributed by atoms with Crippen molar-refractivity contribution >= 4 is 6.02 Å². The van der Waals surface area contributed by atoms with Crippen LogP contribution in [0.25, 0.3) is 0 Å². The van der Waals surface area contributed by atoms with E-state index in [0.29, 0.717) is 32.0 Å². The molecule has 0 amide bonds. The monoisotopic (exact) mass is 409 g/mol. The summed E-state index contributed by atoms with van der Waals surface area (Å²) in [4.78, 5) is 9.18. The molecule has 5 heterocycles. The number of halogens is 2. The van der Waals surface area contributed by atoms with Gasteiger partial charge in [0.2, 0.25) is 0 Å². The van der Waals surface area contributed by atoms with Crippen LogP contribution < -0.4 is 0 Å². The summed E-state index contributed by atoms with van der Waals surface area (Å²) in [5.41, 5.74) is 1.25. The van der Waals surface area contributed by atoms with E-state index in [-0.39, 0.29) is 11.9 Å². The van der Waals surface area contributed by atoms with Crippen molar-refractivity contribution < 1.29 is 13.5 Å². The first-order valence-corrected chi connectivity index (χ1v) is 10.8. The molecule has 156 valence electrons. The van der Waals surface area contributed by atoms with Gasteiger partial charge in [0.05, 0.1) is 12.6 Å². The van der Waals surface area contributed by atoms with Crippen LogP contribution in [0.5, 0.6) is 0 Å². The number of nitrogens with zero attached hydrogens (tertiary/aromatic N) is 3. The first kappa shape index (κ1) is 18.3. The van der Waals surface area contributed by atoms with E-state index in [2.05, 4.69) is 28.0 Å². The van der Waals surface area contributed by atoms with Gasteiger partial charge in [-0.1, -0.05) is 36.4 Å². The Hall–Kier alpha value is -2.47. The topological polar surface area (TPSA) is 28.1 Å². The predicted molar refractivity (Wildman–Crippen MR) is 111 cm³/mol. The molecule has 3 fully saturated rings. The molecule has 2 aromatic rings. The third-order valence-electron chi connectivity index (χ3n) is 7.42. The first-order chi connectivity index (χ1) is 14.6. The van der Waals surface area contributed by atoms with Crippen molar-refractivity contribution in [2.24, 2.45) is 4.99 Å². The highest BCUT2D eigenvalue weighted by Crippen LogP contribution is 2.48. The summed E-state index contributed by atoms with van der Waals surface area (Å²) in [6, 6.07) is 15.4. The molecule has 7 rings (SSSR count). The highest BCUT2D eigenvalue weighted by atomic mass is 19.1. The van der Waals surface area contributed by atoms with Crippen LogP contribution in [0.4, 0.5) is 8.78 Å². The Labute approximate surface area is 175 Å². The molecule has 0 unspecified atom stereocenters. The Balaban J connectivity index is 1.37. The van der Waals surface area contributed by atoms with Crippen LogP contribution >= 0.6 is 0 Å². The average molecular weight is 409 g/mol. The van der Waals surface area contributed by atoms with Gasteiger partial charge in [-0.25, -0.2) is 13.8 Å². The maximum Gasteiger partial charge on any atom is 0.289 e. The van der Waals surface area contributed by atoms with Gasteiger partial charge in [-0.15, -0.1) is 0 Å². The largest absolute Gasteiger partial charge is 0.452 e. The number of hydrogen-bond donors (Lipinski definition) is 0. The fourth-order valence-corrected chi connectivity index (χ4v) is 5.70. The molecule has 2 atom stereocenters. The summed E-state index contributed by atoms with van der Waals surface area (Å²) in [6.45, 7) is 3.29. The molecule has 2 bridgehead atoms. The van der Waals surface area contributed by atoms with Crippen molar-refractivity contribution in [1.29, 1.82) is 0 Å². The normalized spacial score (nSPS) is 34.6. The van der Waals surface area contributed by atoms with Crippen molar-refractivity contribution in [3.05, 3.63) is 71.0 Å². The molecule has 2 aromatic carbocycles. The molecule has 0 saturated carbocycles. The van der Waals surface area contributed by atoms with Gasteiger partial charge in [0.25, 0.3) is 6.02 Å². The second kappa shape index (κ2) is 6.51. The molecule has 5 aliphatic rings. The van der Waals surface area contributed by atoms with Crippen molar-refractivity contribution in [2.45, 2.75) is 36.6 Å². The molecule has 30 heavy (non-hydrogen) atoms. The number of rotatable bonds is 1.